The number of nitrogens with zero attached hydrogens (tertiary/aromatic N) is 2. The molecule has 0 unspecified atom stereocenters. The van der Waals surface area contributed by atoms with E-state index in [-0.39, 0.29) is 30.5 Å². The smallest absolute Gasteiger partial charge is 0.363 e. The maximum atomic E-state index is 13.3. The Morgan fingerprint density at radius 2 is 1.89 bits per heavy atom. The number of nitrogens with one attached hydrogen (secondary N) is 2. The number of hydrogen-bond donors (Lipinski definition) is 2. The van der Waals surface area contributed by atoms with Gasteiger partial charge in [0.1, 0.15) is 17.2 Å². The molecule has 0 spiro atoms. The maximum absolute atomic E-state index is 13.3. The molecule has 1 aromatic heterocycles. The van der Waals surface area contributed by atoms with Gasteiger partial charge in [-0.15, -0.1) is 0 Å². The van der Waals surface area contributed by atoms with E-state index in [0.29, 0.717) is 36.0 Å². The van der Waals surface area contributed by atoms with Gasteiger partial charge < -0.3 is 20.1 Å². The molecule has 1 saturated heterocycles. The van der Waals surface area contributed by atoms with Crippen LogP contribution in [0.5, 0.6) is 0 Å². The second-order valence-electron chi connectivity index (χ2n) is 9.14. The van der Waals surface area contributed by atoms with Crippen molar-refractivity contribution in [3.8, 4) is 0 Å². The number of aryl methyl sites for hydroxylation is 1. The Kier molecular flexibility index (Phi) is 7.46. The highest BCUT2D eigenvalue weighted by molar-refractivity contribution is 5.80. The van der Waals surface area contributed by atoms with Gasteiger partial charge in [-0.2, -0.15) is 13.2 Å². The summed E-state index contributed by atoms with van der Waals surface area (Å²) in [6.07, 6.45) is -8.81. The van der Waals surface area contributed by atoms with E-state index in [1.54, 1.807) is 26.0 Å². The molecule has 196 valence electrons. The number of rotatable bonds is 9. The molecule has 36 heavy (non-hydrogen) atoms. The third kappa shape index (κ3) is 6.28. The molecular weight excluding hydrogens is 487 g/mol. The predicted molar refractivity (Wildman–Crippen MR) is 119 cm³/mol. The topological polar surface area (TPSA) is 85.4 Å². The molecule has 0 radical (unpaired) electrons. The summed E-state index contributed by atoms with van der Waals surface area (Å²) in [6.45, 7) is 3.97. The van der Waals surface area contributed by atoms with Crippen LogP contribution in [0.25, 0.3) is 0 Å². The molecule has 1 aromatic carbocycles. The van der Waals surface area contributed by atoms with Crippen LogP contribution in [0.1, 0.15) is 60.3 Å². The molecule has 1 aliphatic carbocycles. The van der Waals surface area contributed by atoms with Crippen LogP contribution in [0.4, 0.5) is 27.8 Å². The number of carbonyl (C=O) groups is 1. The first-order chi connectivity index (χ1) is 17.0. The van der Waals surface area contributed by atoms with Gasteiger partial charge in [-0.25, -0.2) is 18.7 Å². The SMILES string of the molecule is Cc1nc(CC(=O)NC2(C(F)F)CC2)c(C2OCCO2)c(N[C@H](C)c2cccc(CC(F)(F)F)c2)n1. The average molecular weight is 514 g/mol. The van der Waals surface area contributed by atoms with Crippen LogP contribution in [0.15, 0.2) is 24.3 Å². The van der Waals surface area contributed by atoms with Gasteiger partial charge in [0, 0.05) is 6.04 Å². The number of alkyl halides is 5. The fourth-order valence-corrected chi connectivity index (χ4v) is 4.16. The quantitative estimate of drug-likeness (QED) is 0.477. The second kappa shape index (κ2) is 10.3. The number of carbonyl (C=O) groups excluding carboxylic acids is 1. The first-order valence-corrected chi connectivity index (χ1v) is 11.6. The molecule has 2 aromatic rings. The number of amides is 1. The molecular formula is C24H27F5N4O3. The van der Waals surface area contributed by atoms with E-state index in [0.717, 1.165) is 0 Å². The van der Waals surface area contributed by atoms with Crippen LogP contribution in [-0.4, -0.2) is 47.2 Å². The Labute approximate surface area is 204 Å². The minimum Gasteiger partial charge on any atom is -0.363 e. The number of hydrogen-bond acceptors (Lipinski definition) is 6. The molecule has 1 atom stereocenters. The zero-order valence-corrected chi connectivity index (χ0v) is 19.8. The summed E-state index contributed by atoms with van der Waals surface area (Å²) < 4.78 is 76.4. The van der Waals surface area contributed by atoms with E-state index in [1.165, 1.54) is 12.1 Å². The molecule has 2 aliphatic rings. The zero-order chi connectivity index (χ0) is 26.1. The average Bonchev–Trinajstić information content (AvgIpc) is 3.35. The third-order valence-corrected chi connectivity index (χ3v) is 6.13. The highest BCUT2D eigenvalue weighted by Crippen LogP contribution is 2.41. The Morgan fingerprint density at radius 3 is 2.50 bits per heavy atom. The van der Waals surface area contributed by atoms with Gasteiger partial charge in [0.15, 0.2) is 6.29 Å². The van der Waals surface area contributed by atoms with Crippen molar-refractivity contribution >= 4 is 11.7 Å². The lowest BCUT2D eigenvalue weighted by molar-refractivity contribution is -0.127. The molecule has 4 rings (SSSR count). The molecule has 1 aliphatic heterocycles. The van der Waals surface area contributed by atoms with E-state index in [2.05, 4.69) is 20.6 Å². The van der Waals surface area contributed by atoms with Gasteiger partial charge in [0.2, 0.25) is 5.91 Å². The van der Waals surface area contributed by atoms with Crippen molar-refractivity contribution < 1.29 is 36.2 Å². The molecule has 0 bridgehead atoms. The highest BCUT2D eigenvalue weighted by atomic mass is 19.4. The van der Waals surface area contributed by atoms with Crippen molar-refractivity contribution in [2.24, 2.45) is 0 Å². The zero-order valence-electron chi connectivity index (χ0n) is 19.8. The van der Waals surface area contributed by atoms with Crippen LogP contribution in [0.2, 0.25) is 0 Å². The number of ether oxygens (including phenoxy) is 2. The van der Waals surface area contributed by atoms with Crippen LogP contribution in [0, 0.1) is 6.92 Å². The van der Waals surface area contributed by atoms with Crippen molar-refractivity contribution in [1.29, 1.82) is 0 Å². The largest absolute Gasteiger partial charge is 0.393 e. The second-order valence-corrected chi connectivity index (χ2v) is 9.14. The van der Waals surface area contributed by atoms with Crippen LogP contribution in [0.3, 0.4) is 0 Å². The van der Waals surface area contributed by atoms with Crippen molar-refractivity contribution in [3.63, 3.8) is 0 Å². The van der Waals surface area contributed by atoms with E-state index in [4.69, 9.17) is 9.47 Å². The van der Waals surface area contributed by atoms with E-state index in [1.807, 2.05) is 0 Å². The van der Waals surface area contributed by atoms with Crippen LogP contribution < -0.4 is 10.6 Å². The van der Waals surface area contributed by atoms with Gasteiger partial charge in [-0.3, -0.25) is 4.79 Å². The van der Waals surface area contributed by atoms with Crippen LogP contribution in [-0.2, 0) is 27.1 Å². The summed E-state index contributed by atoms with van der Waals surface area (Å²) in [5.74, 6) is -0.0000182. The lowest BCUT2D eigenvalue weighted by Crippen LogP contribution is -2.43. The lowest BCUT2D eigenvalue weighted by atomic mass is 10.0. The molecule has 2 N–H and O–H groups in total. The molecule has 7 nitrogen and oxygen atoms in total. The summed E-state index contributed by atoms with van der Waals surface area (Å²) in [5, 5.41) is 5.60. The van der Waals surface area contributed by atoms with Gasteiger partial charge in [0.25, 0.3) is 6.43 Å². The predicted octanol–water partition coefficient (Wildman–Crippen LogP) is 4.56. The minimum absolute atomic E-state index is 0.126. The van der Waals surface area contributed by atoms with Crippen molar-refractivity contribution in [3.05, 3.63) is 52.5 Å². The molecule has 1 amide bonds. The number of halogens is 5. The van der Waals surface area contributed by atoms with Crippen molar-refractivity contribution in [2.45, 2.75) is 70.0 Å². The fraction of sp³-hybridized carbons (Fsp3) is 0.542. The Balaban J connectivity index is 1.60. The monoisotopic (exact) mass is 514 g/mol. The van der Waals surface area contributed by atoms with Gasteiger partial charge >= 0.3 is 6.18 Å². The Bertz CT molecular complexity index is 1100. The van der Waals surface area contributed by atoms with Gasteiger partial charge in [-0.1, -0.05) is 24.3 Å². The highest BCUT2D eigenvalue weighted by Gasteiger charge is 2.52. The third-order valence-electron chi connectivity index (χ3n) is 6.13. The van der Waals surface area contributed by atoms with E-state index >= 15 is 0 Å². The summed E-state index contributed by atoms with van der Waals surface area (Å²) >= 11 is 0. The fourth-order valence-electron chi connectivity index (χ4n) is 4.16. The maximum Gasteiger partial charge on any atom is 0.393 e. The van der Waals surface area contributed by atoms with Crippen molar-refractivity contribution in [2.75, 3.05) is 18.5 Å². The molecule has 12 heteroatoms. The summed E-state index contributed by atoms with van der Waals surface area (Å²) in [7, 11) is 0. The van der Waals surface area contributed by atoms with Crippen molar-refractivity contribution in [1.82, 2.24) is 15.3 Å². The lowest BCUT2D eigenvalue weighted by Gasteiger charge is -2.23. The first kappa shape index (κ1) is 26.2. The number of benzene rings is 1. The number of aromatic nitrogens is 2. The van der Waals surface area contributed by atoms with E-state index < -0.39 is 42.8 Å². The van der Waals surface area contributed by atoms with Crippen LogP contribution >= 0.6 is 0 Å². The Morgan fingerprint density at radius 1 is 1.19 bits per heavy atom. The molecule has 2 heterocycles. The van der Waals surface area contributed by atoms with Gasteiger partial charge in [-0.05, 0) is 37.8 Å². The standard InChI is InChI=1S/C24H27F5N4O3/c1-13(16-5-3-4-15(10-16)12-24(27,28)29)30-20-19(21-35-8-9-36-21)17(31-14(2)32-20)11-18(34)33-23(6-7-23)22(25)26/h3-5,10,13,21-22H,6-9,11-12H2,1-2H3,(H,33,34)(H,30,31,32)/t13-/m1/s1. The number of anilines is 1. The van der Waals surface area contributed by atoms with E-state index in [9.17, 15) is 26.7 Å². The minimum atomic E-state index is -4.33. The molecule has 1 saturated carbocycles. The normalized spacial score (nSPS) is 18.3. The summed E-state index contributed by atoms with van der Waals surface area (Å²) in [6, 6.07) is 5.66. The summed E-state index contributed by atoms with van der Waals surface area (Å²) in [5.41, 5.74) is -0.151. The van der Waals surface area contributed by atoms with Gasteiger partial charge in [0.05, 0.1) is 37.3 Å². The Hall–Kier alpha value is -2.86. The molecule has 2 fully saturated rings. The first-order valence-electron chi connectivity index (χ1n) is 11.6. The summed E-state index contributed by atoms with van der Waals surface area (Å²) in [4.78, 5) is 21.5.